The van der Waals surface area contributed by atoms with Crippen molar-refractivity contribution < 1.29 is 19.1 Å². The van der Waals surface area contributed by atoms with E-state index in [1.165, 1.54) is 15.9 Å². The fraction of sp³-hybridized carbons (Fsp3) is 0.440. The van der Waals surface area contributed by atoms with Crippen molar-refractivity contribution in [3.8, 4) is 0 Å². The second-order valence-corrected chi connectivity index (χ2v) is 9.51. The first-order chi connectivity index (χ1) is 16.9. The monoisotopic (exact) mass is 498 g/mol. The Morgan fingerprint density at radius 3 is 2.66 bits per heavy atom. The number of morpholine rings is 1. The normalized spacial score (nSPS) is 14.3. The first-order valence-electron chi connectivity index (χ1n) is 11.8. The van der Waals surface area contributed by atoms with Gasteiger partial charge < -0.3 is 14.8 Å². The van der Waals surface area contributed by atoms with E-state index < -0.39 is 11.9 Å². The summed E-state index contributed by atoms with van der Waals surface area (Å²) in [6.45, 7) is 8.78. The Bertz CT molecular complexity index is 1290. The molecule has 1 amide bonds. The quantitative estimate of drug-likeness (QED) is 0.476. The fourth-order valence-corrected chi connectivity index (χ4v) is 5.43. The number of rotatable bonds is 8. The molecular weight excluding hydrogens is 468 g/mol. The number of carbonyl (C=O) groups is 2. The number of benzene rings is 1. The Morgan fingerprint density at radius 1 is 1.20 bits per heavy atom. The standard InChI is InChI=1S/C25H30N4O5S/c1-4-17-16(3)35-23(22(17)25(32)34-5-2)27-21(30)15-29-20(14-28-10-12-33-13-11-28)26-19-9-7-6-8-18(19)24(29)31/h6-9H,4-5,10-15H2,1-3H3,(H,27,30). The van der Waals surface area contributed by atoms with E-state index in [1.807, 2.05) is 19.9 Å². The summed E-state index contributed by atoms with van der Waals surface area (Å²) in [6.07, 6.45) is 0.643. The van der Waals surface area contributed by atoms with Crippen molar-refractivity contribution in [1.29, 1.82) is 0 Å². The molecule has 35 heavy (non-hydrogen) atoms. The van der Waals surface area contributed by atoms with Crippen LogP contribution in [0.3, 0.4) is 0 Å². The van der Waals surface area contributed by atoms with Gasteiger partial charge >= 0.3 is 5.97 Å². The highest BCUT2D eigenvalue weighted by atomic mass is 32.1. The van der Waals surface area contributed by atoms with E-state index in [1.54, 1.807) is 25.1 Å². The van der Waals surface area contributed by atoms with Crippen LogP contribution in [0.4, 0.5) is 5.00 Å². The van der Waals surface area contributed by atoms with Crippen LogP contribution in [0.5, 0.6) is 0 Å². The van der Waals surface area contributed by atoms with E-state index in [4.69, 9.17) is 14.5 Å². The number of nitrogens with zero attached hydrogens (tertiary/aromatic N) is 3. The predicted molar refractivity (Wildman–Crippen MR) is 135 cm³/mol. The van der Waals surface area contributed by atoms with Crippen LogP contribution < -0.4 is 10.9 Å². The van der Waals surface area contributed by atoms with Crippen molar-refractivity contribution >= 4 is 39.1 Å². The Morgan fingerprint density at radius 2 is 1.94 bits per heavy atom. The van der Waals surface area contributed by atoms with Crippen LogP contribution in [0.25, 0.3) is 10.9 Å². The molecule has 1 N–H and O–H groups in total. The minimum atomic E-state index is -0.457. The van der Waals surface area contributed by atoms with Gasteiger partial charge in [0, 0.05) is 18.0 Å². The van der Waals surface area contributed by atoms with Crippen molar-refractivity contribution in [3.63, 3.8) is 0 Å². The molecule has 186 valence electrons. The van der Waals surface area contributed by atoms with Crippen LogP contribution in [0, 0.1) is 6.92 Å². The summed E-state index contributed by atoms with van der Waals surface area (Å²) in [5.41, 5.74) is 1.59. The molecule has 4 rings (SSSR count). The maximum atomic E-state index is 13.4. The smallest absolute Gasteiger partial charge is 0.341 e. The molecule has 10 heteroatoms. The lowest BCUT2D eigenvalue weighted by Gasteiger charge is -2.27. The van der Waals surface area contributed by atoms with Crippen molar-refractivity contribution in [1.82, 2.24) is 14.5 Å². The van der Waals surface area contributed by atoms with Gasteiger partial charge in [-0.05, 0) is 38.0 Å². The summed E-state index contributed by atoms with van der Waals surface area (Å²) in [5, 5.41) is 3.76. The van der Waals surface area contributed by atoms with Crippen LogP contribution in [0.2, 0.25) is 0 Å². The number of fused-ring (bicyclic) bond motifs is 1. The van der Waals surface area contributed by atoms with E-state index in [0.29, 0.717) is 53.5 Å². The van der Waals surface area contributed by atoms with Crippen molar-refractivity contribution in [2.75, 3.05) is 38.2 Å². The molecule has 9 nitrogen and oxygen atoms in total. The lowest BCUT2D eigenvalue weighted by molar-refractivity contribution is -0.116. The second-order valence-electron chi connectivity index (χ2n) is 8.29. The number of aromatic nitrogens is 2. The van der Waals surface area contributed by atoms with Gasteiger partial charge in [-0.1, -0.05) is 19.1 Å². The van der Waals surface area contributed by atoms with Crippen LogP contribution >= 0.6 is 11.3 Å². The van der Waals surface area contributed by atoms with E-state index in [2.05, 4.69) is 10.2 Å². The lowest BCUT2D eigenvalue weighted by atomic mass is 10.1. The number of amides is 1. The zero-order valence-electron chi connectivity index (χ0n) is 20.3. The third-order valence-corrected chi connectivity index (χ3v) is 7.07. The average Bonchev–Trinajstić information content (AvgIpc) is 3.16. The molecule has 0 bridgehead atoms. The van der Waals surface area contributed by atoms with Crippen molar-refractivity contribution in [2.45, 2.75) is 40.3 Å². The molecule has 1 saturated heterocycles. The van der Waals surface area contributed by atoms with Crippen LogP contribution in [-0.4, -0.2) is 59.2 Å². The number of esters is 1. The molecule has 1 aliphatic rings. The molecule has 3 heterocycles. The van der Waals surface area contributed by atoms with E-state index in [0.717, 1.165) is 23.5 Å². The second kappa shape index (κ2) is 11.1. The Balaban J connectivity index is 1.66. The maximum absolute atomic E-state index is 13.4. The Labute approximate surface area is 207 Å². The topological polar surface area (TPSA) is 103 Å². The minimum Gasteiger partial charge on any atom is -0.462 e. The summed E-state index contributed by atoms with van der Waals surface area (Å²) in [7, 11) is 0. The zero-order chi connectivity index (χ0) is 24.9. The number of para-hydroxylation sites is 1. The van der Waals surface area contributed by atoms with E-state index in [-0.39, 0.29) is 18.7 Å². The van der Waals surface area contributed by atoms with Crippen LogP contribution in [0.15, 0.2) is 29.1 Å². The highest BCUT2D eigenvalue weighted by Crippen LogP contribution is 2.34. The first-order valence-corrected chi connectivity index (χ1v) is 12.6. The van der Waals surface area contributed by atoms with Crippen molar-refractivity contribution in [3.05, 3.63) is 56.4 Å². The summed E-state index contributed by atoms with van der Waals surface area (Å²) in [6, 6.07) is 7.14. The van der Waals surface area contributed by atoms with Gasteiger partial charge in [-0.25, -0.2) is 9.78 Å². The number of carbonyl (C=O) groups excluding carboxylic acids is 2. The molecular formula is C25H30N4O5S. The molecule has 2 aromatic heterocycles. The first kappa shape index (κ1) is 25.0. The highest BCUT2D eigenvalue weighted by molar-refractivity contribution is 7.16. The summed E-state index contributed by atoms with van der Waals surface area (Å²) >= 11 is 1.34. The van der Waals surface area contributed by atoms with Gasteiger partial charge in [-0.2, -0.15) is 0 Å². The van der Waals surface area contributed by atoms with Crippen LogP contribution in [-0.2, 0) is 33.8 Å². The van der Waals surface area contributed by atoms with Gasteiger partial charge in [-0.15, -0.1) is 11.3 Å². The minimum absolute atomic E-state index is 0.211. The number of anilines is 1. The average molecular weight is 499 g/mol. The molecule has 0 spiro atoms. The van der Waals surface area contributed by atoms with Crippen LogP contribution in [0.1, 0.15) is 40.5 Å². The zero-order valence-corrected chi connectivity index (χ0v) is 21.1. The van der Waals surface area contributed by atoms with Gasteiger partial charge in [0.1, 0.15) is 17.4 Å². The molecule has 1 fully saturated rings. The van der Waals surface area contributed by atoms with Crippen molar-refractivity contribution in [2.24, 2.45) is 0 Å². The van der Waals surface area contributed by atoms with E-state index in [9.17, 15) is 14.4 Å². The van der Waals surface area contributed by atoms with Gasteiger partial charge in [0.25, 0.3) is 5.56 Å². The number of thiophene rings is 1. The van der Waals surface area contributed by atoms with Gasteiger partial charge in [0.2, 0.25) is 5.91 Å². The number of aryl methyl sites for hydroxylation is 1. The van der Waals surface area contributed by atoms with Gasteiger partial charge in [0.05, 0.1) is 42.8 Å². The molecule has 0 aliphatic carbocycles. The molecule has 0 saturated carbocycles. The molecule has 0 unspecified atom stereocenters. The SMILES string of the molecule is CCOC(=O)c1c(NC(=O)Cn2c(CN3CCOCC3)nc3ccccc3c2=O)sc(C)c1CC. The Hall–Kier alpha value is -3.08. The lowest BCUT2D eigenvalue weighted by Crippen LogP contribution is -2.39. The third kappa shape index (κ3) is 5.44. The fourth-order valence-electron chi connectivity index (χ4n) is 4.28. The molecule has 1 aromatic carbocycles. The van der Waals surface area contributed by atoms with Gasteiger partial charge in [-0.3, -0.25) is 19.1 Å². The number of hydrogen-bond acceptors (Lipinski definition) is 8. The largest absolute Gasteiger partial charge is 0.462 e. The summed E-state index contributed by atoms with van der Waals surface area (Å²) < 4.78 is 12.1. The summed E-state index contributed by atoms with van der Waals surface area (Å²) in [5.74, 6) is -0.337. The summed E-state index contributed by atoms with van der Waals surface area (Å²) in [4.78, 5) is 47.0. The number of hydrogen-bond donors (Lipinski definition) is 1. The number of ether oxygens (including phenoxy) is 2. The molecule has 1 aliphatic heterocycles. The van der Waals surface area contributed by atoms with Gasteiger partial charge in [0.15, 0.2) is 0 Å². The molecule has 3 aromatic rings. The van der Waals surface area contributed by atoms with E-state index >= 15 is 0 Å². The Kier molecular flexibility index (Phi) is 7.94. The highest BCUT2D eigenvalue weighted by Gasteiger charge is 2.24. The third-order valence-electron chi connectivity index (χ3n) is 6.01. The molecule has 0 radical (unpaired) electrons. The molecule has 0 atom stereocenters. The predicted octanol–water partition coefficient (Wildman–Crippen LogP) is 2.98. The maximum Gasteiger partial charge on any atom is 0.341 e. The number of nitrogens with one attached hydrogen (secondary N) is 1.